The maximum absolute atomic E-state index is 9.84. The van der Waals surface area contributed by atoms with Crippen LogP contribution in [-0.4, -0.2) is 62.0 Å². The Hall–Kier alpha value is -0.160. The largest absolute Gasteiger partial charge is 0.389 e. The van der Waals surface area contributed by atoms with Crippen molar-refractivity contribution in [3.8, 4) is 0 Å². The Labute approximate surface area is 118 Å². The summed E-state index contributed by atoms with van der Waals surface area (Å²) in [5, 5.41) is 13.3. The Morgan fingerprint density at radius 1 is 1.26 bits per heavy atom. The van der Waals surface area contributed by atoms with Gasteiger partial charge in [-0.3, -0.25) is 0 Å². The van der Waals surface area contributed by atoms with Gasteiger partial charge in [-0.1, -0.05) is 26.2 Å². The summed E-state index contributed by atoms with van der Waals surface area (Å²) < 4.78 is 5.50. The Morgan fingerprint density at radius 3 is 2.68 bits per heavy atom. The first-order valence-electron chi connectivity index (χ1n) is 7.90. The van der Waals surface area contributed by atoms with Gasteiger partial charge in [0.2, 0.25) is 0 Å². The van der Waals surface area contributed by atoms with E-state index in [0.29, 0.717) is 19.2 Å². The van der Waals surface area contributed by atoms with Crippen LogP contribution in [0.15, 0.2) is 0 Å². The van der Waals surface area contributed by atoms with Gasteiger partial charge in [0.15, 0.2) is 0 Å². The van der Waals surface area contributed by atoms with Crippen LogP contribution in [0.4, 0.5) is 0 Å². The highest BCUT2D eigenvalue weighted by molar-refractivity contribution is 4.76. The Kier molecular flexibility index (Phi) is 9.43. The molecule has 4 heteroatoms. The van der Waals surface area contributed by atoms with E-state index in [-0.39, 0.29) is 6.10 Å². The summed E-state index contributed by atoms with van der Waals surface area (Å²) in [5.41, 5.74) is 0. The third-order valence-electron chi connectivity index (χ3n) is 3.81. The minimum Gasteiger partial charge on any atom is -0.389 e. The SMILES string of the molecule is CCCCCCOCC(O)CNC1CCN(C)CC1. The Morgan fingerprint density at radius 2 is 2.00 bits per heavy atom. The molecule has 1 aliphatic rings. The van der Waals surface area contributed by atoms with E-state index in [0.717, 1.165) is 26.1 Å². The molecular weight excluding hydrogens is 240 g/mol. The minimum absolute atomic E-state index is 0.370. The van der Waals surface area contributed by atoms with E-state index in [9.17, 15) is 5.11 Å². The van der Waals surface area contributed by atoms with Crippen LogP contribution in [0.1, 0.15) is 45.4 Å². The zero-order valence-electron chi connectivity index (χ0n) is 12.7. The molecule has 0 spiro atoms. The Balaban J connectivity index is 1.91. The number of unbranched alkanes of at least 4 members (excludes halogenated alkanes) is 3. The van der Waals surface area contributed by atoms with Gasteiger partial charge in [0, 0.05) is 19.2 Å². The van der Waals surface area contributed by atoms with Crippen molar-refractivity contribution in [3.05, 3.63) is 0 Å². The molecule has 1 unspecified atom stereocenters. The number of hydrogen-bond acceptors (Lipinski definition) is 4. The molecule has 0 aromatic carbocycles. The molecule has 0 bridgehead atoms. The van der Waals surface area contributed by atoms with Crippen molar-refractivity contribution in [3.63, 3.8) is 0 Å². The van der Waals surface area contributed by atoms with Gasteiger partial charge in [0.05, 0.1) is 12.7 Å². The molecule has 1 saturated heterocycles. The maximum atomic E-state index is 9.84. The Bertz CT molecular complexity index is 206. The van der Waals surface area contributed by atoms with Crippen molar-refractivity contribution >= 4 is 0 Å². The van der Waals surface area contributed by atoms with Crippen LogP contribution in [0.3, 0.4) is 0 Å². The number of hydrogen-bond donors (Lipinski definition) is 2. The van der Waals surface area contributed by atoms with E-state index in [2.05, 4.69) is 24.2 Å². The summed E-state index contributed by atoms with van der Waals surface area (Å²) in [4.78, 5) is 2.36. The van der Waals surface area contributed by atoms with Crippen molar-refractivity contribution < 1.29 is 9.84 Å². The van der Waals surface area contributed by atoms with E-state index in [1.807, 2.05) is 0 Å². The van der Waals surface area contributed by atoms with Gasteiger partial charge in [-0.2, -0.15) is 0 Å². The molecule has 0 radical (unpaired) electrons. The highest BCUT2D eigenvalue weighted by Crippen LogP contribution is 2.08. The second-order valence-electron chi connectivity index (χ2n) is 5.78. The van der Waals surface area contributed by atoms with E-state index in [1.54, 1.807) is 0 Å². The number of nitrogens with one attached hydrogen (secondary N) is 1. The number of aliphatic hydroxyl groups is 1. The smallest absolute Gasteiger partial charge is 0.0897 e. The molecule has 0 aromatic heterocycles. The minimum atomic E-state index is -0.370. The molecule has 0 aliphatic carbocycles. The molecule has 1 fully saturated rings. The first-order valence-corrected chi connectivity index (χ1v) is 7.90. The summed E-state index contributed by atoms with van der Waals surface area (Å²) in [7, 11) is 2.16. The number of nitrogens with zero attached hydrogens (tertiary/aromatic N) is 1. The lowest BCUT2D eigenvalue weighted by atomic mass is 10.1. The van der Waals surface area contributed by atoms with Gasteiger partial charge in [0.1, 0.15) is 0 Å². The average Bonchev–Trinajstić information content (AvgIpc) is 2.42. The van der Waals surface area contributed by atoms with Gasteiger partial charge in [0.25, 0.3) is 0 Å². The van der Waals surface area contributed by atoms with Gasteiger partial charge in [-0.25, -0.2) is 0 Å². The van der Waals surface area contributed by atoms with Crippen molar-refractivity contribution in [2.75, 3.05) is 39.9 Å². The molecule has 0 amide bonds. The van der Waals surface area contributed by atoms with Crippen molar-refractivity contribution in [1.82, 2.24) is 10.2 Å². The molecule has 1 atom stereocenters. The number of piperidine rings is 1. The van der Waals surface area contributed by atoms with Crippen LogP contribution in [0.2, 0.25) is 0 Å². The van der Waals surface area contributed by atoms with Crippen LogP contribution in [-0.2, 0) is 4.74 Å². The molecule has 114 valence electrons. The van der Waals surface area contributed by atoms with Gasteiger partial charge in [-0.15, -0.1) is 0 Å². The number of aliphatic hydroxyl groups excluding tert-OH is 1. The van der Waals surface area contributed by atoms with E-state index < -0.39 is 0 Å². The van der Waals surface area contributed by atoms with Gasteiger partial charge in [-0.05, 0) is 39.4 Å². The maximum Gasteiger partial charge on any atom is 0.0897 e. The molecule has 0 aromatic rings. The quantitative estimate of drug-likeness (QED) is 0.593. The third kappa shape index (κ3) is 8.58. The van der Waals surface area contributed by atoms with E-state index in [4.69, 9.17) is 4.74 Å². The number of likely N-dealkylation sites (tertiary alicyclic amines) is 1. The normalized spacial score (nSPS) is 19.7. The highest BCUT2D eigenvalue weighted by Gasteiger charge is 2.16. The topological polar surface area (TPSA) is 44.7 Å². The summed E-state index contributed by atoms with van der Waals surface area (Å²) >= 11 is 0. The zero-order chi connectivity index (χ0) is 13.9. The molecule has 1 rings (SSSR count). The van der Waals surface area contributed by atoms with E-state index in [1.165, 1.54) is 32.1 Å². The van der Waals surface area contributed by atoms with Crippen molar-refractivity contribution in [1.29, 1.82) is 0 Å². The summed E-state index contributed by atoms with van der Waals surface area (Å²) in [6, 6.07) is 0.565. The first kappa shape index (κ1) is 16.9. The lowest BCUT2D eigenvalue weighted by molar-refractivity contribution is 0.0330. The lowest BCUT2D eigenvalue weighted by Crippen LogP contribution is -2.44. The standard InChI is InChI=1S/C15H32N2O2/c1-3-4-5-6-11-19-13-15(18)12-16-14-7-9-17(2)10-8-14/h14-16,18H,3-13H2,1-2H3. The summed E-state index contributed by atoms with van der Waals surface area (Å²) in [6.45, 7) is 6.42. The van der Waals surface area contributed by atoms with Crippen LogP contribution >= 0.6 is 0 Å². The predicted molar refractivity (Wildman–Crippen MR) is 79.5 cm³/mol. The molecule has 1 heterocycles. The second kappa shape index (κ2) is 10.6. The molecule has 4 nitrogen and oxygen atoms in total. The molecule has 19 heavy (non-hydrogen) atoms. The fraction of sp³-hybridized carbons (Fsp3) is 1.00. The molecular formula is C15H32N2O2. The van der Waals surface area contributed by atoms with Crippen LogP contribution < -0.4 is 5.32 Å². The van der Waals surface area contributed by atoms with Gasteiger partial charge >= 0.3 is 0 Å². The lowest BCUT2D eigenvalue weighted by Gasteiger charge is -2.30. The molecule has 2 N–H and O–H groups in total. The third-order valence-corrected chi connectivity index (χ3v) is 3.81. The number of rotatable bonds is 10. The summed E-state index contributed by atoms with van der Waals surface area (Å²) in [6.07, 6.45) is 6.88. The van der Waals surface area contributed by atoms with Crippen LogP contribution in [0, 0.1) is 0 Å². The summed E-state index contributed by atoms with van der Waals surface area (Å²) in [5.74, 6) is 0. The number of ether oxygens (including phenoxy) is 1. The van der Waals surface area contributed by atoms with Crippen molar-refractivity contribution in [2.24, 2.45) is 0 Å². The fourth-order valence-electron chi connectivity index (χ4n) is 2.42. The highest BCUT2D eigenvalue weighted by atomic mass is 16.5. The monoisotopic (exact) mass is 272 g/mol. The molecule has 1 aliphatic heterocycles. The van der Waals surface area contributed by atoms with Gasteiger partial charge < -0.3 is 20.1 Å². The van der Waals surface area contributed by atoms with Crippen LogP contribution in [0.5, 0.6) is 0 Å². The van der Waals surface area contributed by atoms with Crippen molar-refractivity contribution in [2.45, 2.75) is 57.6 Å². The predicted octanol–water partition coefficient (Wildman–Crippen LogP) is 1.63. The molecule has 0 saturated carbocycles. The zero-order valence-corrected chi connectivity index (χ0v) is 12.7. The van der Waals surface area contributed by atoms with Crippen LogP contribution in [0.25, 0.3) is 0 Å². The first-order chi connectivity index (χ1) is 9.22. The second-order valence-corrected chi connectivity index (χ2v) is 5.78. The average molecular weight is 272 g/mol. The van der Waals surface area contributed by atoms with E-state index >= 15 is 0 Å². The fourth-order valence-corrected chi connectivity index (χ4v) is 2.42.